The Kier molecular flexibility index (Phi) is 4.42. The summed E-state index contributed by atoms with van der Waals surface area (Å²) in [6.45, 7) is 4.39. The van der Waals surface area contributed by atoms with Crippen molar-refractivity contribution < 1.29 is 4.74 Å². The first-order valence-electron chi connectivity index (χ1n) is 6.01. The molecule has 0 spiro atoms. The number of nitrogens with one attached hydrogen (secondary N) is 2. The summed E-state index contributed by atoms with van der Waals surface area (Å²) in [5.74, 6) is 0.878. The molecule has 2 atom stereocenters. The first-order valence-corrected chi connectivity index (χ1v) is 6.80. The highest BCUT2D eigenvalue weighted by Gasteiger charge is 2.17. The fourth-order valence-corrected chi connectivity index (χ4v) is 2.76. The van der Waals surface area contributed by atoms with Crippen LogP contribution in [0.5, 0.6) is 5.75 Å². The molecule has 1 aliphatic rings. The van der Waals surface area contributed by atoms with E-state index in [-0.39, 0.29) is 0 Å². The monoisotopic (exact) mass is 298 g/mol. The van der Waals surface area contributed by atoms with Gasteiger partial charge in [0.2, 0.25) is 0 Å². The van der Waals surface area contributed by atoms with E-state index in [1.54, 1.807) is 7.11 Å². The molecule has 17 heavy (non-hydrogen) atoms. The van der Waals surface area contributed by atoms with E-state index in [0.717, 1.165) is 23.3 Å². The Hall–Kier alpha value is -0.580. The van der Waals surface area contributed by atoms with Crippen LogP contribution in [0, 0.1) is 0 Å². The van der Waals surface area contributed by atoms with Crippen LogP contribution in [0.25, 0.3) is 0 Å². The number of benzene rings is 1. The molecule has 1 fully saturated rings. The van der Waals surface area contributed by atoms with Gasteiger partial charge in [0.25, 0.3) is 0 Å². The van der Waals surface area contributed by atoms with E-state index < -0.39 is 0 Å². The molecule has 94 valence electrons. The molecule has 3 nitrogen and oxygen atoms in total. The average molecular weight is 299 g/mol. The molecule has 0 aromatic heterocycles. The lowest BCUT2D eigenvalue weighted by molar-refractivity contribution is 0.411. The number of rotatable bonds is 4. The van der Waals surface area contributed by atoms with Gasteiger partial charge in [0.05, 0.1) is 11.6 Å². The summed E-state index contributed by atoms with van der Waals surface area (Å²) in [7, 11) is 1.69. The topological polar surface area (TPSA) is 33.3 Å². The lowest BCUT2D eigenvalue weighted by Gasteiger charge is -2.19. The van der Waals surface area contributed by atoms with Crippen LogP contribution in [0.2, 0.25) is 0 Å². The zero-order valence-corrected chi connectivity index (χ0v) is 11.9. The standard InChI is InChI=1S/C13H19BrN2O/c1-9(16-11-5-6-15-8-11)10-3-4-13(17-2)12(14)7-10/h3-4,7,9,11,15-16H,5-6,8H2,1-2H3. The van der Waals surface area contributed by atoms with Crippen LogP contribution >= 0.6 is 15.9 Å². The first kappa shape index (κ1) is 12.9. The molecule has 0 aliphatic carbocycles. The van der Waals surface area contributed by atoms with Crippen LogP contribution in [0.4, 0.5) is 0 Å². The fourth-order valence-electron chi connectivity index (χ4n) is 2.20. The van der Waals surface area contributed by atoms with Gasteiger partial charge in [0.1, 0.15) is 5.75 Å². The van der Waals surface area contributed by atoms with Gasteiger partial charge in [0.15, 0.2) is 0 Å². The van der Waals surface area contributed by atoms with Crippen molar-refractivity contribution in [1.82, 2.24) is 10.6 Å². The van der Waals surface area contributed by atoms with Crippen LogP contribution in [-0.4, -0.2) is 26.2 Å². The summed E-state index contributed by atoms with van der Waals surface area (Å²) in [6, 6.07) is 7.19. The van der Waals surface area contributed by atoms with Gasteiger partial charge in [-0.2, -0.15) is 0 Å². The molecular formula is C13H19BrN2O. The minimum Gasteiger partial charge on any atom is -0.496 e. The predicted octanol–water partition coefficient (Wildman–Crippen LogP) is 2.47. The normalized spacial score (nSPS) is 21.5. The third-order valence-corrected chi connectivity index (χ3v) is 3.84. The van der Waals surface area contributed by atoms with Crippen molar-refractivity contribution in [3.05, 3.63) is 28.2 Å². The summed E-state index contributed by atoms with van der Waals surface area (Å²) in [4.78, 5) is 0. The predicted molar refractivity (Wildman–Crippen MR) is 73.5 cm³/mol. The average Bonchev–Trinajstić information content (AvgIpc) is 2.81. The Balaban J connectivity index is 2.02. The van der Waals surface area contributed by atoms with Crippen LogP contribution in [0.1, 0.15) is 24.9 Å². The van der Waals surface area contributed by atoms with E-state index >= 15 is 0 Å². The van der Waals surface area contributed by atoms with Gasteiger partial charge in [0, 0.05) is 18.6 Å². The molecule has 2 rings (SSSR count). The van der Waals surface area contributed by atoms with Crippen molar-refractivity contribution in [2.45, 2.75) is 25.4 Å². The molecular weight excluding hydrogens is 280 g/mol. The SMILES string of the molecule is COc1ccc(C(C)NC2CCNC2)cc1Br. The summed E-state index contributed by atoms with van der Waals surface area (Å²) in [5, 5.41) is 7.00. The van der Waals surface area contributed by atoms with Crippen LogP contribution in [0.15, 0.2) is 22.7 Å². The molecule has 1 aliphatic heterocycles. The summed E-state index contributed by atoms with van der Waals surface area (Å²) in [5.41, 5.74) is 1.28. The second kappa shape index (κ2) is 5.85. The van der Waals surface area contributed by atoms with E-state index in [0.29, 0.717) is 12.1 Å². The third kappa shape index (κ3) is 3.21. The maximum Gasteiger partial charge on any atom is 0.133 e. The van der Waals surface area contributed by atoms with E-state index in [2.05, 4.69) is 45.6 Å². The molecule has 0 saturated carbocycles. The summed E-state index contributed by atoms with van der Waals surface area (Å²) < 4.78 is 6.25. The van der Waals surface area contributed by atoms with Crippen molar-refractivity contribution in [1.29, 1.82) is 0 Å². The van der Waals surface area contributed by atoms with E-state index in [9.17, 15) is 0 Å². The van der Waals surface area contributed by atoms with Crippen molar-refractivity contribution >= 4 is 15.9 Å². The molecule has 0 amide bonds. The fraction of sp³-hybridized carbons (Fsp3) is 0.538. The van der Waals surface area contributed by atoms with Crippen molar-refractivity contribution in [3.63, 3.8) is 0 Å². The number of hydrogen-bond donors (Lipinski definition) is 2. The summed E-state index contributed by atoms with van der Waals surface area (Å²) in [6.07, 6.45) is 1.21. The zero-order chi connectivity index (χ0) is 12.3. The maximum atomic E-state index is 5.24. The molecule has 2 N–H and O–H groups in total. The lowest BCUT2D eigenvalue weighted by atomic mass is 10.1. The van der Waals surface area contributed by atoms with E-state index in [1.807, 2.05) is 6.07 Å². The zero-order valence-electron chi connectivity index (χ0n) is 10.3. The number of hydrogen-bond acceptors (Lipinski definition) is 3. The van der Waals surface area contributed by atoms with E-state index in [1.165, 1.54) is 12.0 Å². The number of ether oxygens (including phenoxy) is 1. The molecule has 1 aromatic rings. The van der Waals surface area contributed by atoms with Gasteiger partial charge in [-0.1, -0.05) is 6.07 Å². The van der Waals surface area contributed by atoms with Gasteiger partial charge in [-0.15, -0.1) is 0 Å². The number of halogens is 1. The minimum absolute atomic E-state index is 0.363. The second-order valence-electron chi connectivity index (χ2n) is 4.47. The molecule has 2 unspecified atom stereocenters. The Bertz CT molecular complexity index is 378. The number of methoxy groups -OCH3 is 1. The van der Waals surface area contributed by atoms with Crippen LogP contribution in [-0.2, 0) is 0 Å². The van der Waals surface area contributed by atoms with Crippen molar-refractivity contribution in [3.8, 4) is 5.75 Å². The van der Waals surface area contributed by atoms with Gasteiger partial charge in [-0.3, -0.25) is 0 Å². The van der Waals surface area contributed by atoms with Crippen LogP contribution < -0.4 is 15.4 Å². The Labute approximate surface area is 111 Å². The Morgan fingerprint density at radius 2 is 2.35 bits per heavy atom. The highest BCUT2D eigenvalue weighted by Crippen LogP contribution is 2.28. The quantitative estimate of drug-likeness (QED) is 0.896. The van der Waals surface area contributed by atoms with Gasteiger partial charge in [-0.05, 0) is 53.5 Å². The minimum atomic E-state index is 0.363. The summed E-state index contributed by atoms with van der Waals surface area (Å²) >= 11 is 3.52. The van der Waals surface area contributed by atoms with Crippen molar-refractivity contribution in [2.24, 2.45) is 0 Å². The lowest BCUT2D eigenvalue weighted by Crippen LogP contribution is -2.33. The largest absolute Gasteiger partial charge is 0.496 e. The smallest absolute Gasteiger partial charge is 0.133 e. The molecule has 4 heteroatoms. The van der Waals surface area contributed by atoms with Crippen LogP contribution in [0.3, 0.4) is 0 Å². The van der Waals surface area contributed by atoms with Crippen molar-refractivity contribution in [2.75, 3.05) is 20.2 Å². The van der Waals surface area contributed by atoms with Gasteiger partial charge < -0.3 is 15.4 Å². The molecule has 0 radical (unpaired) electrons. The molecule has 1 aromatic carbocycles. The molecule has 1 heterocycles. The maximum absolute atomic E-state index is 5.24. The highest BCUT2D eigenvalue weighted by molar-refractivity contribution is 9.10. The molecule has 0 bridgehead atoms. The van der Waals surface area contributed by atoms with E-state index in [4.69, 9.17) is 4.74 Å². The third-order valence-electron chi connectivity index (χ3n) is 3.22. The van der Waals surface area contributed by atoms with Gasteiger partial charge in [-0.25, -0.2) is 0 Å². The Morgan fingerprint density at radius 3 is 2.94 bits per heavy atom. The highest BCUT2D eigenvalue weighted by atomic mass is 79.9. The first-order chi connectivity index (χ1) is 8.20. The van der Waals surface area contributed by atoms with Gasteiger partial charge >= 0.3 is 0 Å². The second-order valence-corrected chi connectivity index (χ2v) is 5.33. The Morgan fingerprint density at radius 1 is 1.53 bits per heavy atom. The molecule has 1 saturated heterocycles.